The highest BCUT2D eigenvalue weighted by Gasteiger charge is 2.27. The highest BCUT2D eigenvalue weighted by atomic mass is 19.1. The van der Waals surface area contributed by atoms with Crippen molar-refractivity contribution >= 4 is 0 Å². The van der Waals surface area contributed by atoms with Crippen LogP contribution in [0.4, 0.5) is 4.39 Å². The van der Waals surface area contributed by atoms with Crippen LogP contribution in [0.5, 0.6) is 0 Å². The molecule has 29 heavy (non-hydrogen) atoms. The Morgan fingerprint density at radius 1 is 0.724 bits per heavy atom. The van der Waals surface area contributed by atoms with E-state index in [0.29, 0.717) is 6.04 Å². The van der Waals surface area contributed by atoms with Gasteiger partial charge in [-0.15, -0.1) is 0 Å². The van der Waals surface area contributed by atoms with Crippen molar-refractivity contribution in [1.29, 1.82) is 0 Å². The molecular weight excluding hydrogens is 359 g/mol. The molecule has 0 aromatic heterocycles. The van der Waals surface area contributed by atoms with E-state index in [9.17, 15) is 4.39 Å². The highest BCUT2D eigenvalue weighted by Crippen LogP contribution is 2.21. The Bertz CT molecular complexity index is 881. The van der Waals surface area contributed by atoms with Crippen molar-refractivity contribution in [2.75, 3.05) is 19.6 Å². The summed E-state index contributed by atoms with van der Waals surface area (Å²) in [5.74, 6) is -0.0842. The molecule has 0 N–H and O–H groups in total. The summed E-state index contributed by atoms with van der Waals surface area (Å²) in [6, 6.07) is 29.0. The fraction of sp³-hybridized carbons (Fsp3) is 0.308. The largest absolute Gasteiger partial charge is 0.296 e. The van der Waals surface area contributed by atoms with Crippen molar-refractivity contribution < 1.29 is 4.39 Å². The van der Waals surface area contributed by atoms with Gasteiger partial charge in [-0.05, 0) is 35.6 Å². The van der Waals surface area contributed by atoms with Crippen molar-refractivity contribution in [1.82, 2.24) is 9.80 Å². The fourth-order valence-electron chi connectivity index (χ4n) is 4.27. The number of nitrogens with zero attached hydrogens (tertiary/aromatic N) is 2. The number of benzene rings is 3. The molecule has 0 saturated carbocycles. The number of halogens is 1. The molecule has 1 heterocycles. The zero-order valence-electron chi connectivity index (χ0n) is 16.9. The zero-order chi connectivity index (χ0) is 19.9. The summed E-state index contributed by atoms with van der Waals surface area (Å²) in [5, 5.41) is 0. The third-order valence-electron chi connectivity index (χ3n) is 5.87. The number of piperazine rings is 1. The van der Waals surface area contributed by atoms with E-state index in [1.165, 1.54) is 11.1 Å². The molecule has 3 aromatic rings. The number of aryl methyl sites for hydroxylation is 1. The van der Waals surface area contributed by atoms with E-state index in [1.54, 1.807) is 12.1 Å². The maximum Gasteiger partial charge on any atom is 0.126 e. The second-order valence-electron chi connectivity index (χ2n) is 7.96. The molecule has 3 aromatic carbocycles. The summed E-state index contributed by atoms with van der Waals surface area (Å²) >= 11 is 0. The maximum atomic E-state index is 14.1. The van der Waals surface area contributed by atoms with E-state index in [4.69, 9.17) is 0 Å². The van der Waals surface area contributed by atoms with E-state index < -0.39 is 0 Å². The first-order chi connectivity index (χ1) is 14.3. The van der Waals surface area contributed by atoms with Crippen LogP contribution in [0.15, 0.2) is 84.9 Å². The average molecular weight is 389 g/mol. The van der Waals surface area contributed by atoms with Crippen LogP contribution in [0.25, 0.3) is 0 Å². The molecule has 0 radical (unpaired) electrons. The van der Waals surface area contributed by atoms with E-state index in [1.807, 2.05) is 12.1 Å². The first-order valence-corrected chi connectivity index (χ1v) is 10.6. The van der Waals surface area contributed by atoms with Gasteiger partial charge in [0.2, 0.25) is 0 Å². The lowest BCUT2D eigenvalue weighted by Gasteiger charge is -2.42. The molecular formula is C26H29FN2. The van der Waals surface area contributed by atoms with E-state index in [2.05, 4.69) is 70.5 Å². The van der Waals surface area contributed by atoms with E-state index in [0.717, 1.165) is 51.1 Å². The number of hydrogen-bond donors (Lipinski definition) is 0. The van der Waals surface area contributed by atoms with Crippen molar-refractivity contribution in [2.45, 2.75) is 32.0 Å². The van der Waals surface area contributed by atoms with E-state index >= 15 is 0 Å². The van der Waals surface area contributed by atoms with Crippen LogP contribution in [0.1, 0.15) is 23.1 Å². The van der Waals surface area contributed by atoms with Crippen LogP contribution in [0.2, 0.25) is 0 Å². The molecule has 1 aliphatic heterocycles. The molecule has 4 rings (SSSR count). The van der Waals surface area contributed by atoms with Crippen molar-refractivity contribution in [3.05, 3.63) is 107 Å². The van der Waals surface area contributed by atoms with Gasteiger partial charge >= 0.3 is 0 Å². The van der Waals surface area contributed by atoms with Crippen LogP contribution >= 0.6 is 0 Å². The van der Waals surface area contributed by atoms with Gasteiger partial charge in [0.25, 0.3) is 0 Å². The van der Waals surface area contributed by atoms with E-state index in [-0.39, 0.29) is 5.82 Å². The lowest BCUT2D eigenvalue weighted by atomic mass is 10.00. The molecule has 0 bridgehead atoms. The van der Waals surface area contributed by atoms with Crippen LogP contribution in [-0.4, -0.2) is 35.5 Å². The summed E-state index contributed by atoms with van der Waals surface area (Å²) in [5.41, 5.74) is 3.53. The maximum absolute atomic E-state index is 14.1. The van der Waals surface area contributed by atoms with Gasteiger partial charge < -0.3 is 0 Å². The van der Waals surface area contributed by atoms with Gasteiger partial charge in [-0.2, -0.15) is 0 Å². The summed E-state index contributed by atoms with van der Waals surface area (Å²) in [6.07, 6.45) is 1.75. The lowest BCUT2D eigenvalue weighted by Crippen LogP contribution is -2.52. The minimum Gasteiger partial charge on any atom is -0.296 e. The number of rotatable bonds is 7. The van der Waals surface area contributed by atoms with Crippen molar-refractivity contribution in [2.24, 2.45) is 0 Å². The Balaban J connectivity index is 1.44. The second-order valence-corrected chi connectivity index (χ2v) is 7.96. The van der Waals surface area contributed by atoms with Crippen LogP contribution in [0.3, 0.4) is 0 Å². The Morgan fingerprint density at radius 3 is 2.03 bits per heavy atom. The normalized spacial score (nSPS) is 18.0. The molecule has 150 valence electrons. The molecule has 0 aliphatic carbocycles. The highest BCUT2D eigenvalue weighted by molar-refractivity contribution is 5.18. The Labute approximate surface area is 173 Å². The predicted molar refractivity (Wildman–Crippen MR) is 117 cm³/mol. The van der Waals surface area contributed by atoms with Gasteiger partial charge in [0, 0.05) is 38.8 Å². The smallest absolute Gasteiger partial charge is 0.126 e. The zero-order valence-corrected chi connectivity index (χ0v) is 16.9. The van der Waals surface area contributed by atoms with Gasteiger partial charge in [-0.3, -0.25) is 9.80 Å². The van der Waals surface area contributed by atoms with Gasteiger partial charge in [0.1, 0.15) is 5.82 Å². The summed E-state index contributed by atoms with van der Waals surface area (Å²) < 4.78 is 14.1. The van der Waals surface area contributed by atoms with Crippen LogP contribution < -0.4 is 0 Å². The predicted octanol–water partition coefficient (Wildman–Crippen LogP) is 5.14. The lowest BCUT2D eigenvalue weighted by molar-refractivity contribution is 0.0596. The van der Waals surface area contributed by atoms with Crippen molar-refractivity contribution in [3.8, 4) is 0 Å². The minimum atomic E-state index is -0.0842. The molecule has 3 heteroatoms. The standard InChI is InChI=1S/C26H29FN2/c27-26-14-8-7-13-24(26)15-16-25-21-28(19-22-9-3-1-4-10-22)17-18-29(25)20-23-11-5-2-6-12-23/h1-14,25H,15-21H2. The number of hydrogen-bond acceptors (Lipinski definition) is 2. The molecule has 0 amide bonds. The quantitative estimate of drug-likeness (QED) is 0.553. The summed E-state index contributed by atoms with van der Waals surface area (Å²) in [6.45, 7) is 5.08. The molecule has 1 saturated heterocycles. The Hall–Kier alpha value is -2.49. The van der Waals surface area contributed by atoms with Crippen LogP contribution in [-0.2, 0) is 19.5 Å². The molecule has 0 spiro atoms. The van der Waals surface area contributed by atoms with Gasteiger partial charge in [-0.25, -0.2) is 4.39 Å². The first kappa shape index (κ1) is 19.8. The molecule has 1 atom stereocenters. The third kappa shape index (κ3) is 5.53. The summed E-state index contributed by atoms with van der Waals surface area (Å²) in [7, 11) is 0. The average Bonchev–Trinajstić information content (AvgIpc) is 2.76. The first-order valence-electron chi connectivity index (χ1n) is 10.6. The van der Waals surface area contributed by atoms with Gasteiger partial charge in [0.15, 0.2) is 0 Å². The monoisotopic (exact) mass is 388 g/mol. The van der Waals surface area contributed by atoms with Crippen molar-refractivity contribution in [3.63, 3.8) is 0 Å². The minimum absolute atomic E-state index is 0.0842. The molecule has 2 nitrogen and oxygen atoms in total. The molecule has 1 fully saturated rings. The Morgan fingerprint density at radius 2 is 1.34 bits per heavy atom. The fourth-order valence-corrected chi connectivity index (χ4v) is 4.27. The SMILES string of the molecule is Fc1ccccc1CCC1CN(Cc2ccccc2)CCN1Cc1ccccc1. The summed E-state index contributed by atoms with van der Waals surface area (Å²) in [4.78, 5) is 5.13. The molecule has 1 unspecified atom stereocenters. The third-order valence-corrected chi connectivity index (χ3v) is 5.87. The van der Waals surface area contributed by atoms with Gasteiger partial charge in [0.05, 0.1) is 0 Å². The van der Waals surface area contributed by atoms with Gasteiger partial charge in [-0.1, -0.05) is 78.9 Å². The Kier molecular flexibility index (Phi) is 6.71. The van der Waals surface area contributed by atoms with Crippen LogP contribution in [0, 0.1) is 5.82 Å². The molecule has 1 aliphatic rings. The topological polar surface area (TPSA) is 6.48 Å². The second kappa shape index (κ2) is 9.82.